The maximum absolute atomic E-state index is 13.3. The Bertz CT molecular complexity index is 836. The zero-order valence-corrected chi connectivity index (χ0v) is 14.2. The molecular weight excluding hydrogens is 345 g/mol. The Morgan fingerprint density at radius 2 is 1.64 bits per heavy atom. The first-order valence-electron chi connectivity index (χ1n) is 7.62. The summed E-state index contributed by atoms with van der Waals surface area (Å²) < 4.78 is 14.7. The van der Waals surface area contributed by atoms with Gasteiger partial charge in [0.05, 0.1) is 6.54 Å². The molecule has 25 heavy (non-hydrogen) atoms. The number of benzene rings is 2. The topological polar surface area (TPSA) is 71.2 Å². The van der Waals surface area contributed by atoms with E-state index in [9.17, 15) is 14.6 Å². The third kappa shape index (κ3) is 3.28. The molecule has 0 radical (unpaired) electrons. The Balaban J connectivity index is 2.12. The van der Waals surface area contributed by atoms with Crippen molar-refractivity contribution in [2.45, 2.75) is 24.7 Å². The van der Waals surface area contributed by atoms with Crippen LogP contribution in [-0.4, -0.2) is 25.0 Å². The zero-order chi connectivity index (χ0) is 18.1. The van der Waals surface area contributed by atoms with E-state index in [1.165, 1.54) is 48.5 Å². The van der Waals surface area contributed by atoms with Crippen LogP contribution in [0.5, 0.6) is 0 Å². The summed E-state index contributed by atoms with van der Waals surface area (Å²) >= 11 is 5.94. The van der Waals surface area contributed by atoms with E-state index in [0.717, 1.165) is 0 Å². The molecule has 2 atom stereocenters. The summed E-state index contributed by atoms with van der Waals surface area (Å²) in [6.45, 7) is 1.42. The van der Waals surface area contributed by atoms with Crippen LogP contribution >= 0.6 is 11.6 Å². The molecule has 0 spiro atoms. The van der Waals surface area contributed by atoms with E-state index in [1.807, 2.05) is 0 Å². The van der Waals surface area contributed by atoms with Gasteiger partial charge in [-0.2, -0.15) is 5.10 Å². The highest BCUT2D eigenvalue weighted by molar-refractivity contribution is 6.30. The molecule has 0 unspecified atom stereocenters. The normalized spacial score (nSPS) is 16.2. The Labute approximate surface area is 149 Å². The van der Waals surface area contributed by atoms with E-state index < -0.39 is 17.0 Å². The predicted octanol–water partition coefficient (Wildman–Crippen LogP) is 2.87. The smallest absolute Gasteiger partial charge is 0.142 e. The van der Waals surface area contributed by atoms with E-state index in [4.69, 9.17) is 11.6 Å². The fraction of sp³-hybridized carbons (Fsp3) is 0.222. The number of nitrogens with zero attached hydrogens (tertiary/aromatic N) is 3. The second-order valence-corrected chi connectivity index (χ2v) is 6.48. The molecule has 1 aromatic heterocycles. The summed E-state index contributed by atoms with van der Waals surface area (Å²) in [5.41, 5.74) is -2.68. The lowest BCUT2D eigenvalue weighted by Gasteiger charge is -2.42. The number of rotatable bonds is 5. The van der Waals surface area contributed by atoms with Crippen molar-refractivity contribution in [2.75, 3.05) is 0 Å². The molecular formula is C18H17ClFN3O2. The van der Waals surface area contributed by atoms with Gasteiger partial charge in [0.15, 0.2) is 0 Å². The van der Waals surface area contributed by atoms with Crippen LogP contribution in [-0.2, 0) is 17.7 Å². The highest BCUT2D eigenvalue weighted by Gasteiger charge is 2.49. The van der Waals surface area contributed by atoms with Crippen LogP contribution in [0.1, 0.15) is 18.1 Å². The fourth-order valence-electron chi connectivity index (χ4n) is 2.81. The minimum atomic E-state index is -1.76. The van der Waals surface area contributed by atoms with Gasteiger partial charge in [-0.05, 0) is 42.3 Å². The highest BCUT2D eigenvalue weighted by atomic mass is 35.5. The van der Waals surface area contributed by atoms with Gasteiger partial charge in [-0.1, -0.05) is 35.9 Å². The monoisotopic (exact) mass is 361 g/mol. The molecule has 0 saturated carbocycles. The highest BCUT2D eigenvalue weighted by Crippen LogP contribution is 2.42. The average molecular weight is 362 g/mol. The summed E-state index contributed by atoms with van der Waals surface area (Å²) in [6.07, 6.45) is 2.79. The summed E-state index contributed by atoms with van der Waals surface area (Å²) in [5.74, 6) is -0.425. The SMILES string of the molecule is C[C@](O)(c1ccc(F)cc1)[C@](O)(Cn1cncn1)c1ccc(Cl)cc1. The zero-order valence-electron chi connectivity index (χ0n) is 13.5. The maximum atomic E-state index is 13.3. The molecule has 3 rings (SSSR count). The van der Waals surface area contributed by atoms with Gasteiger partial charge in [-0.3, -0.25) is 0 Å². The number of aliphatic hydroxyl groups is 2. The van der Waals surface area contributed by atoms with E-state index in [2.05, 4.69) is 10.1 Å². The molecule has 0 saturated heterocycles. The van der Waals surface area contributed by atoms with Crippen molar-refractivity contribution in [1.29, 1.82) is 0 Å². The van der Waals surface area contributed by atoms with Crippen molar-refractivity contribution in [3.05, 3.63) is 83.2 Å². The quantitative estimate of drug-likeness (QED) is 0.733. The number of hydrogen-bond donors (Lipinski definition) is 2. The van der Waals surface area contributed by atoms with Gasteiger partial charge in [0.25, 0.3) is 0 Å². The molecule has 2 N–H and O–H groups in total. The second-order valence-electron chi connectivity index (χ2n) is 6.04. The molecule has 5 nitrogen and oxygen atoms in total. The van der Waals surface area contributed by atoms with Crippen LogP contribution in [0.15, 0.2) is 61.2 Å². The summed E-state index contributed by atoms with van der Waals surface area (Å²) in [5, 5.41) is 27.3. The second kappa shape index (κ2) is 6.55. The molecule has 0 aliphatic heterocycles. The largest absolute Gasteiger partial charge is 0.382 e. The van der Waals surface area contributed by atoms with Crippen LogP contribution in [0.25, 0.3) is 0 Å². The van der Waals surface area contributed by atoms with Gasteiger partial charge in [-0.15, -0.1) is 0 Å². The van der Waals surface area contributed by atoms with Crippen molar-refractivity contribution in [1.82, 2.24) is 14.8 Å². The predicted molar refractivity (Wildman–Crippen MR) is 91.3 cm³/mol. The molecule has 7 heteroatoms. The van der Waals surface area contributed by atoms with Crippen LogP contribution in [0, 0.1) is 5.82 Å². The molecule has 130 valence electrons. The summed E-state index contributed by atoms with van der Waals surface area (Å²) in [6, 6.07) is 11.9. The Morgan fingerprint density at radius 3 is 2.20 bits per heavy atom. The van der Waals surface area contributed by atoms with Gasteiger partial charge in [0, 0.05) is 5.02 Å². The Hall–Kier alpha value is -2.28. The molecule has 3 aromatic rings. The van der Waals surface area contributed by atoms with Crippen LogP contribution in [0.2, 0.25) is 5.02 Å². The van der Waals surface area contributed by atoms with E-state index in [1.54, 1.807) is 24.3 Å². The van der Waals surface area contributed by atoms with Gasteiger partial charge >= 0.3 is 0 Å². The number of aromatic nitrogens is 3. The first kappa shape index (κ1) is 17.5. The van der Waals surface area contributed by atoms with Crippen molar-refractivity contribution in [2.24, 2.45) is 0 Å². The van der Waals surface area contributed by atoms with Crippen molar-refractivity contribution >= 4 is 11.6 Å². The van der Waals surface area contributed by atoms with Crippen LogP contribution in [0.4, 0.5) is 4.39 Å². The summed E-state index contributed by atoms with van der Waals surface area (Å²) in [4.78, 5) is 3.87. The summed E-state index contributed by atoms with van der Waals surface area (Å²) in [7, 11) is 0. The van der Waals surface area contributed by atoms with E-state index in [-0.39, 0.29) is 6.54 Å². The molecule has 0 amide bonds. The van der Waals surface area contributed by atoms with Gasteiger partial charge in [-0.25, -0.2) is 14.1 Å². The van der Waals surface area contributed by atoms with Crippen molar-refractivity contribution in [3.63, 3.8) is 0 Å². The maximum Gasteiger partial charge on any atom is 0.142 e. The van der Waals surface area contributed by atoms with Gasteiger partial charge in [0.1, 0.15) is 29.7 Å². The van der Waals surface area contributed by atoms with E-state index in [0.29, 0.717) is 16.1 Å². The molecule has 0 aliphatic carbocycles. The first-order chi connectivity index (χ1) is 11.8. The lowest BCUT2D eigenvalue weighted by molar-refractivity contribution is -0.164. The molecule has 0 bridgehead atoms. The average Bonchev–Trinajstić information content (AvgIpc) is 3.08. The standard InChI is InChI=1S/C18H17ClFN3O2/c1-17(24,13-4-8-16(20)9-5-13)18(25,10-23-12-21-11-22-23)14-2-6-15(19)7-3-14/h2-9,11-12,24-25H,10H2,1H3/t17-,18-/m0/s1. The molecule has 0 aliphatic rings. The molecule has 2 aromatic carbocycles. The minimum Gasteiger partial charge on any atom is -0.382 e. The first-order valence-corrected chi connectivity index (χ1v) is 8.00. The van der Waals surface area contributed by atoms with E-state index >= 15 is 0 Å². The van der Waals surface area contributed by atoms with Crippen molar-refractivity contribution in [3.8, 4) is 0 Å². The lowest BCUT2D eigenvalue weighted by atomic mass is 9.74. The third-order valence-electron chi connectivity index (χ3n) is 4.39. The third-order valence-corrected chi connectivity index (χ3v) is 4.64. The Morgan fingerprint density at radius 1 is 1.04 bits per heavy atom. The molecule has 0 fully saturated rings. The van der Waals surface area contributed by atoms with Gasteiger partial charge < -0.3 is 10.2 Å². The molecule has 1 heterocycles. The lowest BCUT2D eigenvalue weighted by Crippen LogP contribution is -2.50. The number of halogens is 2. The van der Waals surface area contributed by atoms with Crippen LogP contribution < -0.4 is 0 Å². The minimum absolute atomic E-state index is 0.0565. The van der Waals surface area contributed by atoms with Gasteiger partial charge in [0.2, 0.25) is 0 Å². The van der Waals surface area contributed by atoms with Crippen LogP contribution in [0.3, 0.4) is 0 Å². The number of hydrogen-bond acceptors (Lipinski definition) is 4. The fourth-order valence-corrected chi connectivity index (χ4v) is 2.94. The Kier molecular flexibility index (Phi) is 4.60. The van der Waals surface area contributed by atoms with Crippen molar-refractivity contribution < 1.29 is 14.6 Å².